The smallest absolute Gasteiger partial charge is 0.230 e. The topological polar surface area (TPSA) is 59.2 Å². The van der Waals surface area contributed by atoms with E-state index in [9.17, 15) is 5.11 Å². The monoisotopic (exact) mass is 208 g/mol. The molecule has 0 radical (unpaired) electrons. The van der Waals surface area contributed by atoms with Crippen LogP contribution in [0.15, 0.2) is 4.52 Å². The van der Waals surface area contributed by atoms with E-state index in [0.717, 1.165) is 17.7 Å². The molecule has 1 N–H and O–H groups in total. The van der Waals surface area contributed by atoms with Crippen LogP contribution >= 0.6 is 0 Å². The molecule has 3 atom stereocenters. The number of aromatic nitrogens is 2. The number of fused-ring (bicyclic) bond motifs is 1. The molecule has 2 aliphatic carbocycles. The van der Waals surface area contributed by atoms with Crippen LogP contribution in [-0.4, -0.2) is 15.2 Å². The van der Waals surface area contributed by atoms with Gasteiger partial charge in [-0.25, -0.2) is 0 Å². The summed E-state index contributed by atoms with van der Waals surface area (Å²) in [5, 5.41) is 13.4. The fourth-order valence-electron chi connectivity index (χ4n) is 2.89. The fourth-order valence-corrected chi connectivity index (χ4v) is 2.89. The van der Waals surface area contributed by atoms with Crippen molar-refractivity contribution in [3.05, 3.63) is 11.7 Å². The largest absolute Gasteiger partial charge is 0.385 e. The summed E-state index contributed by atoms with van der Waals surface area (Å²) in [6.45, 7) is 1.91. The first-order valence-corrected chi connectivity index (χ1v) is 5.82. The Morgan fingerprint density at radius 1 is 1.47 bits per heavy atom. The molecule has 0 amide bonds. The summed E-state index contributed by atoms with van der Waals surface area (Å²) in [6, 6.07) is 0. The van der Waals surface area contributed by atoms with Crippen molar-refractivity contribution in [1.82, 2.24) is 10.1 Å². The lowest BCUT2D eigenvalue weighted by Crippen LogP contribution is -1.98. The maximum atomic E-state index is 9.56. The molecule has 2 aliphatic rings. The van der Waals surface area contributed by atoms with Crippen LogP contribution in [0.2, 0.25) is 0 Å². The van der Waals surface area contributed by atoms with Crippen molar-refractivity contribution < 1.29 is 9.63 Å². The SMILES string of the molecule is CCC(O)c1noc(C2C3CCCC32)n1. The molecule has 0 saturated heterocycles. The standard InChI is InChI=1S/C11H16N2O2/c1-2-8(14)10-12-11(15-13-10)9-6-4-3-5-7(6)9/h6-9,14H,2-5H2,1H3. The van der Waals surface area contributed by atoms with Crippen molar-refractivity contribution >= 4 is 0 Å². The van der Waals surface area contributed by atoms with Crippen LogP contribution in [-0.2, 0) is 0 Å². The number of aliphatic hydroxyl groups is 1. The molecule has 2 saturated carbocycles. The van der Waals surface area contributed by atoms with Gasteiger partial charge in [0.1, 0.15) is 6.10 Å². The average Bonchev–Trinajstić information content (AvgIpc) is 2.74. The van der Waals surface area contributed by atoms with Gasteiger partial charge in [0.2, 0.25) is 5.89 Å². The first-order valence-electron chi connectivity index (χ1n) is 5.82. The van der Waals surface area contributed by atoms with Crippen LogP contribution < -0.4 is 0 Å². The molecule has 15 heavy (non-hydrogen) atoms. The highest BCUT2D eigenvalue weighted by atomic mass is 16.5. The first-order chi connectivity index (χ1) is 7.31. The molecule has 3 unspecified atom stereocenters. The average molecular weight is 208 g/mol. The van der Waals surface area contributed by atoms with Crippen LogP contribution in [0.4, 0.5) is 0 Å². The molecule has 4 nitrogen and oxygen atoms in total. The maximum absolute atomic E-state index is 9.56. The Morgan fingerprint density at radius 3 is 2.87 bits per heavy atom. The molecule has 82 valence electrons. The number of nitrogens with zero attached hydrogens (tertiary/aromatic N) is 2. The van der Waals surface area contributed by atoms with E-state index < -0.39 is 6.10 Å². The second-order valence-corrected chi connectivity index (χ2v) is 4.70. The van der Waals surface area contributed by atoms with Gasteiger partial charge in [0, 0.05) is 5.92 Å². The molecule has 0 bridgehead atoms. The summed E-state index contributed by atoms with van der Waals surface area (Å²) in [6.07, 6.45) is 4.04. The fraction of sp³-hybridized carbons (Fsp3) is 0.818. The Morgan fingerprint density at radius 2 is 2.20 bits per heavy atom. The number of hydrogen-bond donors (Lipinski definition) is 1. The van der Waals surface area contributed by atoms with Gasteiger partial charge < -0.3 is 9.63 Å². The molecule has 0 aromatic carbocycles. The third-order valence-corrected chi connectivity index (χ3v) is 3.83. The van der Waals surface area contributed by atoms with Crippen molar-refractivity contribution in [3.8, 4) is 0 Å². The second kappa shape index (κ2) is 3.30. The summed E-state index contributed by atoms with van der Waals surface area (Å²) in [5.74, 6) is 3.29. The molecular formula is C11H16N2O2. The molecule has 0 spiro atoms. The first kappa shape index (κ1) is 9.33. The van der Waals surface area contributed by atoms with E-state index in [1.807, 2.05) is 6.92 Å². The van der Waals surface area contributed by atoms with Gasteiger partial charge in [-0.05, 0) is 31.1 Å². The van der Waals surface area contributed by atoms with Crippen molar-refractivity contribution in [2.45, 2.75) is 44.6 Å². The number of hydrogen-bond acceptors (Lipinski definition) is 4. The van der Waals surface area contributed by atoms with E-state index in [0.29, 0.717) is 18.2 Å². The van der Waals surface area contributed by atoms with Gasteiger partial charge in [-0.2, -0.15) is 4.98 Å². The lowest BCUT2D eigenvalue weighted by atomic mass is 10.1. The minimum atomic E-state index is -0.568. The van der Waals surface area contributed by atoms with E-state index in [1.54, 1.807) is 0 Å². The van der Waals surface area contributed by atoms with Crippen molar-refractivity contribution in [1.29, 1.82) is 0 Å². The Kier molecular flexibility index (Phi) is 2.06. The van der Waals surface area contributed by atoms with Crippen LogP contribution in [0.1, 0.15) is 56.3 Å². The lowest BCUT2D eigenvalue weighted by Gasteiger charge is -1.98. The lowest BCUT2D eigenvalue weighted by molar-refractivity contribution is 0.159. The molecule has 1 aromatic rings. The summed E-state index contributed by atoms with van der Waals surface area (Å²) in [4.78, 5) is 4.30. The molecule has 1 aromatic heterocycles. The van der Waals surface area contributed by atoms with Crippen LogP contribution in [0.5, 0.6) is 0 Å². The van der Waals surface area contributed by atoms with Crippen molar-refractivity contribution in [3.63, 3.8) is 0 Å². The van der Waals surface area contributed by atoms with E-state index >= 15 is 0 Å². The molecule has 3 rings (SSSR count). The quantitative estimate of drug-likeness (QED) is 0.825. The van der Waals surface area contributed by atoms with Gasteiger partial charge in [0.05, 0.1) is 0 Å². The highest BCUT2D eigenvalue weighted by molar-refractivity contribution is 5.16. The van der Waals surface area contributed by atoms with Gasteiger partial charge in [-0.3, -0.25) is 0 Å². The molecule has 4 heteroatoms. The molecule has 1 heterocycles. The van der Waals surface area contributed by atoms with Crippen molar-refractivity contribution in [2.75, 3.05) is 0 Å². The molecule has 0 aliphatic heterocycles. The number of aliphatic hydroxyl groups excluding tert-OH is 1. The Hall–Kier alpha value is -0.900. The van der Waals surface area contributed by atoms with Gasteiger partial charge in [-0.1, -0.05) is 18.5 Å². The highest BCUT2D eigenvalue weighted by Gasteiger charge is 2.56. The Labute approximate surface area is 88.7 Å². The normalized spacial score (nSPS) is 35.2. The third kappa shape index (κ3) is 1.39. The minimum absolute atomic E-state index is 0.456. The Bertz CT molecular complexity index is 353. The Balaban J connectivity index is 1.75. The molecular weight excluding hydrogens is 192 g/mol. The summed E-state index contributed by atoms with van der Waals surface area (Å²) in [7, 11) is 0. The zero-order chi connectivity index (χ0) is 10.4. The van der Waals surface area contributed by atoms with Crippen molar-refractivity contribution in [2.24, 2.45) is 11.8 Å². The summed E-state index contributed by atoms with van der Waals surface area (Å²) < 4.78 is 5.23. The van der Waals surface area contributed by atoms with Crippen LogP contribution in [0, 0.1) is 11.8 Å². The van der Waals surface area contributed by atoms with E-state index in [-0.39, 0.29) is 0 Å². The van der Waals surface area contributed by atoms with Crippen LogP contribution in [0.3, 0.4) is 0 Å². The summed E-state index contributed by atoms with van der Waals surface area (Å²) >= 11 is 0. The van der Waals surface area contributed by atoms with Gasteiger partial charge in [-0.15, -0.1) is 0 Å². The molecule has 2 fully saturated rings. The van der Waals surface area contributed by atoms with Crippen LogP contribution in [0.25, 0.3) is 0 Å². The van der Waals surface area contributed by atoms with Gasteiger partial charge in [0.15, 0.2) is 5.82 Å². The predicted octanol–water partition coefficient (Wildman–Crippen LogP) is 2.03. The van der Waals surface area contributed by atoms with E-state index in [2.05, 4.69) is 10.1 Å². The third-order valence-electron chi connectivity index (χ3n) is 3.83. The maximum Gasteiger partial charge on any atom is 0.230 e. The van der Waals surface area contributed by atoms with Gasteiger partial charge >= 0.3 is 0 Å². The summed E-state index contributed by atoms with van der Waals surface area (Å²) in [5.41, 5.74) is 0. The predicted molar refractivity (Wildman–Crippen MR) is 53.1 cm³/mol. The zero-order valence-corrected chi connectivity index (χ0v) is 8.89. The number of rotatable bonds is 3. The van der Waals surface area contributed by atoms with Gasteiger partial charge in [0.25, 0.3) is 0 Å². The minimum Gasteiger partial charge on any atom is -0.385 e. The van der Waals surface area contributed by atoms with E-state index in [4.69, 9.17) is 4.52 Å². The highest BCUT2D eigenvalue weighted by Crippen LogP contribution is 2.62. The van der Waals surface area contributed by atoms with E-state index in [1.165, 1.54) is 19.3 Å². The zero-order valence-electron chi connectivity index (χ0n) is 8.89. The second-order valence-electron chi connectivity index (χ2n) is 4.70.